The average molecular weight is 695 g/mol. The molecule has 6 aromatic rings. The highest BCUT2D eigenvalue weighted by atomic mass is 32.2. The third-order valence-corrected chi connectivity index (χ3v) is 11.1. The SMILES string of the molecule is c1ccc(C2=C(c3ccccc3)Sc3nnc(CCCCCCCCc4nnc5n4NC(c4ccccc4)=C(c4ccccc4)S5)n3N2)cc1. The molecule has 4 heterocycles. The van der Waals surface area contributed by atoms with Crippen molar-refractivity contribution < 1.29 is 0 Å². The van der Waals surface area contributed by atoms with Crippen LogP contribution in [0, 0.1) is 0 Å². The van der Waals surface area contributed by atoms with Gasteiger partial charge in [0.15, 0.2) is 11.6 Å². The average Bonchev–Trinajstić information content (AvgIpc) is 3.79. The molecule has 0 bridgehead atoms. The van der Waals surface area contributed by atoms with E-state index >= 15 is 0 Å². The van der Waals surface area contributed by atoms with E-state index in [0.29, 0.717) is 0 Å². The van der Waals surface area contributed by atoms with Gasteiger partial charge in [0.25, 0.3) is 0 Å². The molecule has 2 N–H and O–H groups in total. The highest BCUT2D eigenvalue weighted by molar-refractivity contribution is 8.08. The summed E-state index contributed by atoms with van der Waals surface area (Å²) in [6.07, 6.45) is 8.67. The summed E-state index contributed by atoms with van der Waals surface area (Å²) in [6.45, 7) is 0. The van der Waals surface area contributed by atoms with Crippen molar-refractivity contribution in [2.45, 2.75) is 61.7 Å². The lowest BCUT2D eigenvalue weighted by atomic mass is 10.1. The van der Waals surface area contributed by atoms with Crippen LogP contribution in [-0.4, -0.2) is 29.7 Å². The highest BCUT2D eigenvalue weighted by Crippen LogP contribution is 2.43. The molecule has 0 radical (unpaired) electrons. The molecule has 8 nitrogen and oxygen atoms in total. The molecule has 0 atom stereocenters. The summed E-state index contributed by atoms with van der Waals surface area (Å²) in [5.41, 5.74) is 14.1. The molecule has 2 aliphatic rings. The minimum Gasteiger partial charge on any atom is -0.289 e. The van der Waals surface area contributed by atoms with Gasteiger partial charge in [-0.2, -0.15) is 0 Å². The molecule has 4 aromatic carbocycles. The number of unbranched alkanes of at least 4 members (excludes halogenated alkanes) is 5. The quantitative estimate of drug-likeness (QED) is 0.116. The van der Waals surface area contributed by atoms with Crippen molar-refractivity contribution in [2.75, 3.05) is 10.9 Å². The van der Waals surface area contributed by atoms with Crippen LogP contribution in [0.3, 0.4) is 0 Å². The number of rotatable bonds is 13. The largest absolute Gasteiger partial charge is 0.289 e. The predicted octanol–water partition coefficient (Wildman–Crippen LogP) is 9.35. The Kier molecular flexibility index (Phi) is 9.80. The van der Waals surface area contributed by atoms with E-state index in [4.69, 9.17) is 0 Å². The Balaban J connectivity index is 0.833. The second kappa shape index (κ2) is 15.2. The van der Waals surface area contributed by atoms with Crippen LogP contribution in [-0.2, 0) is 12.8 Å². The van der Waals surface area contributed by atoms with Gasteiger partial charge in [-0.15, -0.1) is 20.4 Å². The van der Waals surface area contributed by atoms with Gasteiger partial charge in [-0.05, 0) is 47.5 Å². The standard InChI is InChI=1S/C40H38N8S2/c1(3-17-27-33-41-43-39-47(33)45-35(29-19-9-5-10-20-29)37(49-39)31-23-13-7-14-24-31)2-4-18-28-34-42-44-40-48(34)46-36(30-21-11-6-12-22-30)38(50-40)32-25-15-8-16-26-32/h5-16,19-26,45-46H,1-4,17-18,27-28H2. The van der Waals surface area contributed by atoms with E-state index in [1.807, 2.05) is 0 Å². The lowest BCUT2D eigenvalue weighted by Crippen LogP contribution is -2.21. The van der Waals surface area contributed by atoms with Crippen LogP contribution in [0.4, 0.5) is 0 Å². The summed E-state index contributed by atoms with van der Waals surface area (Å²) >= 11 is 3.36. The van der Waals surface area contributed by atoms with E-state index in [1.165, 1.54) is 24.0 Å². The molecule has 2 aromatic heterocycles. The maximum Gasteiger partial charge on any atom is 0.215 e. The number of fused-ring (bicyclic) bond motifs is 2. The van der Waals surface area contributed by atoms with Gasteiger partial charge in [0.2, 0.25) is 10.3 Å². The minimum absolute atomic E-state index is 0.879. The van der Waals surface area contributed by atoms with E-state index in [1.54, 1.807) is 23.5 Å². The maximum atomic E-state index is 4.59. The number of nitrogens with zero attached hydrogens (tertiary/aromatic N) is 6. The zero-order valence-electron chi connectivity index (χ0n) is 27.7. The Morgan fingerprint density at radius 3 is 1.12 bits per heavy atom. The lowest BCUT2D eigenvalue weighted by molar-refractivity contribution is 0.575. The van der Waals surface area contributed by atoms with E-state index in [9.17, 15) is 0 Å². The molecule has 250 valence electrons. The van der Waals surface area contributed by atoms with E-state index in [0.717, 1.165) is 92.8 Å². The fraction of sp³-hybridized carbons (Fsp3) is 0.200. The van der Waals surface area contributed by atoms with Gasteiger partial charge < -0.3 is 0 Å². The van der Waals surface area contributed by atoms with Crippen molar-refractivity contribution in [1.29, 1.82) is 0 Å². The highest BCUT2D eigenvalue weighted by Gasteiger charge is 2.26. The number of aromatic nitrogens is 6. The van der Waals surface area contributed by atoms with Gasteiger partial charge in [-0.3, -0.25) is 10.9 Å². The monoisotopic (exact) mass is 694 g/mol. The van der Waals surface area contributed by atoms with E-state index in [-0.39, 0.29) is 0 Å². The molecule has 8 rings (SSSR count). The summed E-state index contributed by atoms with van der Waals surface area (Å²) in [7, 11) is 0. The van der Waals surface area contributed by atoms with Gasteiger partial charge in [-0.1, -0.05) is 147 Å². The number of hydrogen-bond donors (Lipinski definition) is 2. The smallest absolute Gasteiger partial charge is 0.215 e. The Labute approximate surface area is 301 Å². The lowest BCUT2D eigenvalue weighted by Gasteiger charge is -2.24. The van der Waals surface area contributed by atoms with Gasteiger partial charge in [-0.25, -0.2) is 9.35 Å². The van der Waals surface area contributed by atoms with Crippen LogP contribution in [0.2, 0.25) is 0 Å². The molecule has 10 heteroatoms. The van der Waals surface area contributed by atoms with Crippen molar-refractivity contribution in [3.8, 4) is 0 Å². The van der Waals surface area contributed by atoms with Gasteiger partial charge in [0.1, 0.15) is 0 Å². The Hall–Kier alpha value is -5.06. The molecule has 0 saturated carbocycles. The van der Waals surface area contributed by atoms with Crippen LogP contribution in [0.25, 0.3) is 21.2 Å². The number of aryl methyl sites for hydroxylation is 2. The van der Waals surface area contributed by atoms with E-state index in [2.05, 4.69) is 162 Å². The first-order chi connectivity index (χ1) is 24.8. The van der Waals surface area contributed by atoms with Gasteiger partial charge >= 0.3 is 0 Å². The van der Waals surface area contributed by atoms with Crippen LogP contribution < -0.4 is 10.9 Å². The minimum atomic E-state index is 0.879. The molecular weight excluding hydrogens is 657 g/mol. The van der Waals surface area contributed by atoms with E-state index < -0.39 is 0 Å². The molecule has 0 fully saturated rings. The Morgan fingerprint density at radius 1 is 0.400 bits per heavy atom. The normalized spacial score (nSPS) is 13.8. The Bertz CT molecular complexity index is 1950. The number of hydrogen-bond acceptors (Lipinski definition) is 8. The van der Waals surface area contributed by atoms with Crippen LogP contribution >= 0.6 is 23.5 Å². The Morgan fingerprint density at radius 2 is 0.740 bits per heavy atom. The predicted molar refractivity (Wildman–Crippen MR) is 205 cm³/mol. The summed E-state index contributed by atoms with van der Waals surface area (Å²) in [6, 6.07) is 42.0. The molecular formula is C40H38N8S2. The molecule has 2 aliphatic heterocycles. The molecule has 0 unspecified atom stereocenters. The first-order valence-electron chi connectivity index (χ1n) is 17.3. The summed E-state index contributed by atoms with van der Waals surface area (Å²) in [5, 5.41) is 20.0. The van der Waals surface area contributed by atoms with Gasteiger partial charge in [0, 0.05) is 33.8 Å². The summed E-state index contributed by atoms with van der Waals surface area (Å²) < 4.78 is 4.15. The maximum absolute atomic E-state index is 4.59. The topological polar surface area (TPSA) is 85.5 Å². The third kappa shape index (κ3) is 6.99. The molecule has 0 spiro atoms. The van der Waals surface area contributed by atoms with Crippen LogP contribution in [0.1, 0.15) is 72.4 Å². The number of benzene rings is 4. The zero-order valence-corrected chi connectivity index (χ0v) is 29.3. The second-order valence-electron chi connectivity index (χ2n) is 12.4. The third-order valence-electron chi connectivity index (χ3n) is 8.94. The van der Waals surface area contributed by atoms with Crippen molar-refractivity contribution in [3.63, 3.8) is 0 Å². The fourth-order valence-corrected chi connectivity index (χ4v) is 8.40. The molecule has 0 saturated heterocycles. The van der Waals surface area contributed by atoms with Gasteiger partial charge in [0.05, 0.1) is 11.4 Å². The van der Waals surface area contributed by atoms with Crippen LogP contribution in [0.5, 0.6) is 0 Å². The molecule has 0 aliphatic carbocycles. The molecule has 50 heavy (non-hydrogen) atoms. The van der Waals surface area contributed by atoms with Crippen molar-refractivity contribution in [1.82, 2.24) is 29.7 Å². The first kappa shape index (κ1) is 32.2. The number of nitrogens with one attached hydrogen (secondary N) is 2. The molecule has 0 amide bonds. The zero-order chi connectivity index (χ0) is 33.5. The van der Waals surface area contributed by atoms with Crippen molar-refractivity contribution in [3.05, 3.63) is 155 Å². The first-order valence-corrected chi connectivity index (χ1v) is 18.9. The summed E-state index contributed by atoms with van der Waals surface area (Å²) in [4.78, 5) is 2.32. The van der Waals surface area contributed by atoms with Crippen molar-refractivity contribution in [2.24, 2.45) is 0 Å². The van der Waals surface area contributed by atoms with Crippen LogP contribution in [0.15, 0.2) is 132 Å². The second-order valence-corrected chi connectivity index (χ2v) is 14.3. The number of thioether (sulfide) groups is 2. The fourth-order valence-electron chi connectivity index (χ4n) is 6.35. The summed E-state index contributed by atoms with van der Waals surface area (Å²) in [5.74, 6) is 1.96. The van der Waals surface area contributed by atoms with Crippen molar-refractivity contribution >= 4 is 44.7 Å².